The zero-order valence-corrected chi connectivity index (χ0v) is 20.0. The van der Waals surface area contributed by atoms with Crippen LogP contribution in [0.5, 0.6) is 0 Å². The molecule has 0 spiro atoms. The van der Waals surface area contributed by atoms with E-state index < -0.39 is 0 Å². The average molecular weight is 467 g/mol. The van der Waals surface area contributed by atoms with Gasteiger partial charge in [-0.1, -0.05) is 29.8 Å². The number of imidazole rings is 1. The molecule has 5 aromatic rings. The highest BCUT2D eigenvalue weighted by Crippen LogP contribution is 2.32. The maximum Gasteiger partial charge on any atom is 0.223 e. The maximum atomic E-state index is 13.6. The van der Waals surface area contributed by atoms with Gasteiger partial charge in [-0.15, -0.1) is 0 Å². The van der Waals surface area contributed by atoms with E-state index in [0.717, 1.165) is 46.0 Å². The molecule has 0 bridgehead atoms. The van der Waals surface area contributed by atoms with E-state index in [1.807, 2.05) is 30.8 Å². The number of anilines is 1. The lowest BCUT2D eigenvalue weighted by Crippen LogP contribution is -2.10. The number of aromatic nitrogens is 4. The second-order valence-corrected chi connectivity index (χ2v) is 8.92. The Balaban J connectivity index is 1.56. The van der Waals surface area contributed by atoms with Crippen molar-refractivity contribution in [2.45, 2.75) is 20.0 Å². The van der Waals surface area contributed by atoms with E-state index in [0.29, 0.717) is 12.5 Å². The molecule has 0 unspecified atom stereocenters. The molecule has 0 saturated heterocycles. The number of hydrogen-bond acceptors (Lipinski definition) is 5. The molecule has 2 aromatic carbocycles. The van der Waals surface area contributed by atoms with Gasteiger partial charge in [0.1, 0.15) is 11.5 Å². The van der Waals surface area contributed by atoms with Gasteiger partial charge < -0.3 is 10.2 Å². The summed E-state index contributed by atoms with van der Waals surface area (Å²) in [5.74, 6) is 0.254. The number of halogens is 1. The summed E-state index contributed by atoms with van der Waals surface area (Å²) in [5.41, 5.74) is 7.49. The van der Waals surface area contributed by atoms with Crippen molar-refractivity contribution in [3.63, 3.8) is 0 Å². The SMILES string of the molecule is Cc1ccc(CNc2nccc(-c3c(-c4ccc(F)cc4)nc4cc(CN(C)C)ccn34)n2)cc1. The van der Waals surface area contributed by atoms with Crippen LogP contribution >= 0.6 is 0 Å². The van der Waals surface area contributed by atoms with Crippen LogP contribution in [0.3, 0.4) is 0 Å². The summed E-state index contributed by atoms with van der Waals surface area (Å²) in [6.45, 7) is 3.50. The third kappa shape index (κ3) is 5.05. The Kier molecular flexibility index (Phi) is 6.25. The summed E-state index contributed by atoms with van der Waals surface area (Å²) in [7, 11) is 4.08. The first-order valence-corrected chi connectivity index (χ1v) is 11.5. The Hall–Kier alpha value is -4.10. The van der Waals surface area contributed by atoms with E-state index in [2.05, 4.69) is 58.5 Å². The zero-order chi connectivity index (χ0) is 24.4. The lowest BCUT2D eigenvalue weighted by molar-refractivity contribution is 0.402. The standard InChI is InChI=1S/C28H27FN6/c1-19-4-6-20(7-5-19)17-31-28-30-14-12-24(32-28)27-26(22-8-10-23(29)11-9-22)33-25-16-21(18-34(2)3)13-15-35(25)27/h4-16H,17-18H2,1-3H3,(H,30,31,32). The molecular weight excluding hydrogens is 439 g/mol. The monoisotopic (exact) mass is 466 g/mol. The molecule has 35 heavy (non-hydrogen) atoms. The number of nitrogens with one attached hydrogen (secondary N) is 1. The van der Waals surface area contributed by atoms with Gasteiger partial charge in [-0.2, -0.15) is 0 Å². The van der Waals surface area contributed by atoms with E-state index in [4.69, 9.17) is 9.97 Å². The molecule has 0 saturated carbocycles. The van der Waals surface area contributed by atoms with Gasteiger partial charge in [0.25, 0.3) is 0 Å². The van der Waals surface area contributed by atoms with E-state index >= 15 is 0 Å². The maximum absolute atomic E-state index is 13.6. The molecular formula is C28H27FN6. The van der Waals surface area contributed by atoms with Crippen LogP contribution in [-0.2, 0) is 13.1 Å². The van der Waals surface area contributed by atoms with Crippen molar-refractivity contribution in [2.24, 2.45) is 0 Å². The molecule has 3 aromatic heterocycles. The van der Waals surface area contributed by atoms with Gasteiger partial charge in [0.15, 0.2) is 0 Å². The fourth-order valence-corrected chi connectivity index (χ4v) is 4.07. The minimum atomic E-state index is -0.281. The fourth-order valence-electron chi connectivity index (χ4n) is 4.07. The van der Waals surface area contributed by atoms with Crippen LogP contribution in [0, 0.1) is 12.7 Å². The van der Waals surface area contributed by atoms with Gasteiger partial charge in [0.05, 0.1) is 17.1 Å². The minimum absolute atomic E-state index is 0.281. The molecule has 1 N–H and O–H groups in total. The van der Waals surface area contributed by atoms with E-state index in [1.165, 1.54) is 17.7 Å². The van der Waals surface area contributed by atoms with Gasteiger partial charge >= 0.3 is 0 Å². The molecule has 0 aliphatic rings. The van der Waals surface area contributed by atoms with Gasteiger partial charge in [0, 0.05) is 31.0 Å². The highest BCUT2D eigenvalue weighted by atomic mass is 19.1. The van der Waals surface area contributed by atoms with E-state index in [9.17, 15) is 4.39 Å². The number of nitrogens with zero attached hydrogens (tertiary/aromatic N) is 5. The van der Waals surface area contributed by atoms with Crippen molar-refractivity contribution in [1.82, 2.24) is 24.3 Å². The van der Waals surface area contributed by atoms with Crippen molar-refractivity contribution < 1.29 is 4.39 Å². The number of aryl methyl sites for hydroxylation is 1. The first-order valence-electron chi connectivity index (χ1n) is 11.5. The minimum Gasteiger partial charge on any atom is -0.350 e. The number of fused-ring (bicyclic) bond motifs is 1. The van der Waals surface area contributed by atoms with Crippen LogP contribution in [0.4, 0.5) is 10.3 Å². The molecule has 0 fully saturated rings. The summed E-state index contributed by atoms with van der Waals surface area (Å²) in [6.07, 6.45) is 3.76. The molecule has 176 valence electrons. The van der Waals surface area contributed by atoms with Crippen LogP contribution in [0.25, 0.3) is 28.3 Å². The second-order valence-electron chi connectivity index (χ2n) is 8.92. The van der Waals surface area contributed by atoms with Crippen molar-refractivity contribution >= 4 is 11.6 Å². The Labute approximate surface area is 204 Å². The summed E-state index contributed by atoms with van der Waals surface area (Å²) >= 11 is 0. The van der Waals surface area contributed by atoms with Gasteiger partial charge in [-0.05, 0) is 74.6 Å². The third-order valence-corrected chi connectivity index (χ3v) is 5.78. The molecule has 6 nitrogen and oxygen atoms in total. The molecule has 5 rings (SSSR count). The van der Waals surface area contributed by atoms with Crippen LogP contribution in [-0.4, -0.2) is 38.3 Å². The van der Waals surface area contributed by atoms with Crippen LogP contribution in [0.1, 0.15) is 16.7 Å². The predicted octanol–water partition coefficient (Wildman–Crippen LogP) is 5.58. The Bertz CT molecular complexity index is 1460. The van der Waals surface area contributed by atoms with Gasteiger partial charge in [0.2, 0.25) is 5.95 Å². The first kappa shape index (κ1) is 22.7. The summed E-state index contributed by atoms with van der Waals surface area (Å²) in [6, 6.07) is 20.8. The number of hydrogen-bond donors (Lipinski definition) is 1. The molecule has 3 heterocycles. The molecule has 0 radical (unpaired) electrons. The summed E-state index contributed by atoms with van der Waals surface area (Å²) in [5, 5.41) is 3.32. The van der Waals surface area contributed by atoms with Gasteiger partial charge in [-0.3, -0.25) is 4.40 Å². The molecule has 0 aliphatic carbocycles. The third-order valence-electron chi connectivity index (χ3n) is 5.78. The second kappa shape index (κ2) is 9.64. The van der Waals surface area contributed by atoms with Crippen LogP contribution in [0.15, 0.2) is 79.1 Å². The van der Waals surface area contributed by atoms with Crippen LogP contribution in [0.2, 0.25) is 0 Å². The zero-order valence-electron chi connectivity index (χ0n) is 20.0. The molecule has 0 atom stereocenters. The lowest BCUT2D eigenvalue weighted by Gasteiger charge is -2.11. The van der Waals surface area contributed by atoms with Crippen molar-refractivity contribution in [2.75, 3.05) is 19.4 Å². The van der Waals surface area contributed by atoms with Crippen molar-refractivity contribution in [3.05, 3.63) is 102 Å². The normalized spacial score (nSPS) is 11.3. The largest absolute Gasteiger partial charge is 0.350 e. The topological polar surface area (TPSA) is 58.4 Å². The molecule has 7 heteroatoms. The highest BCUT2D eigenvalue weighted by Gasteiger charge is 2.18. The average Bonchev–Trinajstić information content (AvgIpc) is 3.23. The Morgan fingerprint density at radius 1 is 0.914 bits per heavy atom. The quantitative estimate of drug-likeness (QED) is 0.339. The lowest BCUT2D eigenvalue weighted by atomic mass is 10.1. The molecule has 0 aliphatic heterocycles. The Morgan fingerprint density at radius 3 is 2.43 bits per heavy atom. The highest BCUT2D eigenvalue weighted by molar-refractivity contribution is 5.80. The summed E-state index contributed by atoms with van der Waals surface area (Å²) < 4.78 is 15.7. The fraction of sp³-hybridized carbons (Fsp3) is 0.179. The molecule has 0 amide bonds. The number of rotatable bonds is 7. The summed E-state index contributed by atoms with van der Waals surface area (Å²) in [4.78, 5) is 16.3. The Morgan fingerprint density at radius 2 is 1.69 bits per heavy atom. The predicted molar refractivity (Wildman–Crippen MR) is 138 cm³/mol. The van der Waals surface area contributed by atoms with Crippen molar-refractivity contribution in [1.29, 1.82) is 0 Å². The smallest absolute Gasteiger partial charge is 0.223 e. The van der Waals surface area contributed by atoms with E-state index in [-0.39, 0.29) is 5.82 Å². The van der Waals surface area contributed by atoms with Crippen LogP contribution < -0.4 is 5.32 Å². The first-order chi connectivity index (χ1) is 17.0. The number of pyridine rings is 1. The van der Waals surface area contributed by atoms with Crippen molar-refractivity contribution in [3.8, 4) is 22.6 Å². The van der Waals surface area contributed by atoms with Gasteiger partial charge in [-0.25, -0.2) is 19.3 Å². The van der Waals surface area contributed by atoms with E-state index in [1.54, 1.807) is 18.3 Å². The number of benzene rings is 2.